The molecular weight excluding hydrogens is 186 g/mol. The Kier molecular flexibility index (Phi) is 2.97. The Labute approximate surface area is 90.2 Å². The van der Waals surface area contributed by atoms with Crippen molar-refractivity contribution in [2.45, 2.75) is 13.5 Å². The number of ketones is 1. The van der Waals surface area contributed by atoms with Crippen LogP contribution in [0.15, 0.2) is 42.0 Å². The third-order valence-corrected chi connectivity index (χ3v) is 2.69. The Morgan fingerprint density at radius 2 is 2.07 bits per heavy atom. The summed E-state index contributed by atoms with van der Waals surface area (Å²) in [5.41, 5.74) is 2.25. The van der Waals surface area contributed by atoms with Crippen molar-refractivity contribution in [2.75, 3.05) is 13.1 Å². The van der Waals surface area contributed by atoms with E-state index in [1.165, 1.54) is 5.56 Å². The van der Waals surface area contributed by atoms with Gasteiger partial charge in [0.1, 0.15) is 0 Å². The number of hydrogen-bond donors (Lipinski definition) is 0. The Bertz CT molecular complexity index is 381. The zero-order valence-electron chi connectivity index (χ0n) is 8.94. The smallest absolute Gasteiger partial charge is 0.156 e. The summed E-state index contributed by atoms with van der Waals surface area (Å²) in [7, 11) is 0. The largest absolute Gasteiger partial charge is 0.295 e. The van der Waals surface area contributed by atoms with E-state index in [-0.39, 0.29) is 5.78 Å². The fourth-order valence-electron chi connectivity index (χ4n) is 1.83. The SMILES string of the molecule is CC(=O)C1=CCN(Cc2ccccc2)C1. The first kappa shape index (κ1) is 10.1. The number of carbonyl (C=O) groups excluding carboxylic acids is 1. The lowest BCUT2D eigenvalue weighted by Gasteiger charge is -2.15. The molecule has 0 bridgehead atoms. The van der Waals surface area contributed by atoms with Gasteiger partial charge < -0.3 is 0 Å². The normalized spacial score (nSPS) is 16.5. The Hall–Kier alpha value is -1.41. The third kappa shape index (κ3) is 2.54. The highest BCUT2D eigenvalue weighted by Crippen LogP contribution is 2.13. The number of carbonyl (C=O) groups is 1. The highest BCUT2D eigenvalue weighted by Gasteiger charge is 2.16. The van der Waals surface area contributed by atoms with Gasteiger partial charge in [-0.3, -0.25) is 9.69 Å². The van der Waals surface area contributed by atoms with E-state index >= 15 is 0 Å². The van der Waals surface area contributed by atoms with Gasteiger partial charge in [0, 0.05) is 25.2 Å². The molecule has 15 heavy (non-hydrogen) atoms. The van der Waals surface area contributed by atoms with E-state index in [0.29, 0.717) is 0 Å². The van der Waals surface area contributed by atoms with Crippen LogP contribution in [0.25, 0.3) is 0 Å². The Morgan fingerprint density at radius 1 is 1.33 bits per heavy atom. The van der Waals surface area contributed by atoms with E-state index in [1.54, 1.807) is 6.92 Å². The molecule has 1 aliphatic heterocycles. The number of benzene rings is 1. The van der Waals surface area contributed by atoms with Crippen LogP contribution >= 0.6 is 0 Å². The summed E-state index contributed by atoms with van der Waals surface area (Å²) >= 11 is 0. The molecule has 78 valence electrons. The van der Waals surface area contributed by atoms with Crippen LogP contribution in [0.3, 0.4) is 0 Å². The second-order valence-electron chi connectivity index (χ2n) is 3.94. The highest BCUT2D eigenvalue weighted by atomic mass is 16.1. The predicted molar refractivity (Wildman–Crippen MR) is 60.5 cm³/mol. The number of hydrogen-bond acceptors (Lipinski definition) is 2. The maximum Gasteiger partial charge on any atom is 0.156 e. The minimum Gasteiger partial charge on any atom is -0.295 e. The van der Waals surface area contributed by atoms with Gasteiger partial charge in [-0.1, -0.05) is 36.4 Å². The standard InChI is InChI=1S/C13H15NO/c1-11(15)13-7-8-14(10-13)9-12-5-3-2-4-6-12/h2-7H,8-10H2,1H3. The molecule has 0 aromatic heterocycles. The summed E-state index contributed by atoms with van der Waals surface area (Å²) in [6, 6.07) is 10.3. The van der Waals surface area contributed by atoms with Gasteiger partial charge in [0.05, 0.1) is 0 Å². The summed E-state index contributed by atoms with van der Waals surface area (Å²) < 4.78 is 0. The van der Waals surface area contributed by atoms with Crippen LogP contribution in [0.5, 0.6) is 0 Å². The van der Waals surface area contributed by atoms with Gasteiger partial charge in [-0.15, -0.1) is 0 Å². The van der Waals surface area contributed by atoms with Crippen molar-refractivity contribution in [3.63, 3.8) is 0 Å². The molecule has 1 heterocycles. The first-order valence-corrected chi connectivity index (χ1v) is 5.22. The number of Topliss-reactive ketones (excluding diaryl/α,β-unsaturated/α-hetero) is 1. The van der Waals surface area contributed by atoms with Crippen LogP contribution in [0.1, 0.15) is 12.5 Å². The lowest BCUT2D eigenvalue weighted by molar-refractivity contribution is -0.113. The van der Waals surface area contributed by atoms with Crippen molar-refractivity contribution in [1.29, 1.82) is 0 Å². The van der Waals surface area contributed by atoms with Gasteiger partial charge in [-0.25, -0.2) is 0 Å². The van der Waals surface area contributed by atoms with Crippen LogP contribution in [0, 0.1) is 0 Å². The third-order valence-electron chi connectivity index (χ3n) is 2.69. The van der Waals surface area contributed by atoms with Crippen molar-refractivity contribution in [1.82, 2.24) is 4.90 Å². The number of rotatable bonds is 3. The van der Waals surface area contributed by atoms with Crippen molar-refractivity contribution >= 4 is 5.78 Å². The molecule has 0 saturated carbocycles. The summed E-state index contributed by atoms with van der Waals surface area (Å²) in [5, 5.41) is 0. The van der Waals surface area contributed by atoms with E-state index in [4.69, 9.17) is 0 Å². The Balaban J connectivity index is 1.93. The minimum atomic E-state index is 0.200. The molecule has 0 atom stereocenters. The molecule has 1 aromatic rings. The molecule has 0 aliphatic carbocycles. The lowest BCUT2D eigenvalue weighted by Crippen LogP contribution is -2.21. The molecule has 0 saturated heterocycles. The quantitative estimate of drug-likeness (QED) is 0.745. The van der Waals surface area contributed by atoms with Gasteiger partial charge in [0.2, 0.25) is 0 Å². The van der Waals surface area contributed by atoms with E-state index in [2.05, 4.69) is 17.0 Å². The van der Waals surface area contributed by atoms with Gasteiger partial charge in [0.25, 0.3) is 0 Å². The summed E-state index contributed by atoms with van der Waals surface area (Å²) in [5.74, 6) is 0.200. The van der Waals surface area contributed by atoms with E-state index in [1.807, 2.05) is 24.3 Å². The molecule has 0 radical (unpaired) electrons. The molecular formula is C13H15NO. The molecule has 0 amide bonds. The Morgan fingerprint density at radius 3 is 2.67 bits per heavy atom. The summed E-state index contributed by atoms with van der Waals surface area (Å²) in [6.07, 6.45) is 2.03. The van der Waals surface area contributed by atoms with Crippen molar-refractivity contribution in [2.24, 2.45) is 0 Å². The average molecular weight is 201 g/mol. The first-order valence-electron chi connectivity index (χ1n) is 5.22. The van der Waals surface area contributed by atoms with Gasteiger partial charge >= 0.3 is 0 Å². The van der Waals surface area contributed by atoms with Crippen LogP contribution in [0.2, 0.25) is 0 Å². The molecule has 0 fully saturated rings. The summed E-state index contributed by atoms with van der Waals surface area (Å²) in [6.45, 7) is 4.25. The molecule has 0 unspecified atom stereocenters. The molecule has 2 nitrogen and oxygen atoms in total. The highest BCUT2D eigenvalue weighted by molar-refractivity contribution is 5.94. The molecule has 0 spiro atoms. The summed E-state index contributed by atoms with van der Waals surface area (Å²) in [4.78, 5) is 13.4. The second-order valence-corrected chi connectivity index (χ2v) is 3.94. The maximum atomic E-state index is 11.1. The van der Waals surface area contributed by atoms with Crippen LogP contribution in [-0.4, -0.2) is 23.8 Å². The van der Waals surface area contributed by atoms with Crippen LogP contribution in [-0.2, 0) is 11.3 Å². The number of nitrogens with zero attached hydrogens (tertiary/aromatic N) is 1. The fraction of sp³-hybridized carbons (Fsp3) is 0.308. The molecule has 1 aliphatic rings. The minimum absolute atomic E-state index is 0.200. The average Bonchev–Trinajstić information content (AvgIpc) is 2.68. The zero-order valence-corrected chi connectivity index (χ0v) is 8.94. The molecule has 2 rings (SSSR count). The van der Waals surface area contributed by atoms with Gasteiger partial charge in [-0.2, -0.15) is 0 Å². The maximum absolute atomic E-state index is 11.1. The van der Waals surface area contributed by atoms with E-state index < -0.39 is 0 Å². The first-order chi connectivity index (χ1) is 7.25. The van der Waals surface area contributed by atoms with Gasteiger partial charge in [0.15, 0.2) is 5.78 Å². The molecule has 2 heteroatoms. The molecule has 0 N–H and O–H groups in total. The molecule has 1 aromatic carbocycles. The van der Waals surface area contributed by atoms with Crippen molar-refractivity contribution < 1.29 is 4.79 Å². The second kappa shape index (κ2) is 4.41. The van der Waals surface area contributed by atoms with Crippen LogP contribution < -0.4 is 0 Å². The van der Waals surface area contributed by atoms with Crippen LogP contribution in [0.4, 0.5) is 0 Å². The predicted octanol–water partition coefficient (Wildman–Crippen LogP) is 2.02. The van der Waals surface area contributed by atoms with E-state index in [9.17, 15) is 4.79 Å². The monoisotopic (exact) mass is 201 g/mol. The van der Waals surface area contributed by atoms with Gasteiger partial charge in [-0.05, 0) is 12.5 Å². The van der Waals surface area contributed by atoms with Crippen molar-refractivity contribution in [3.8, 4) is 0 Å². The van der Waals surface area contributed by atoms with E-state index in [0.717, 1.165) is 25.2 Å². The topological polar surface area (TPSA) is 20.3 Å². The van der Waals surface area contributed by atoms with Crippen molar-refractivity contribution in [3.05, 3.63) is 47.5 Å². The lowest BCUT2D eigenvalue weighted by atomic mass is 10.2. The zero-order chi connectivity index (χ0) is 10.7. The fourth-order valence-corrected chi connectivity index (χ4v) is 1.83.